The van der Waals surface area contributed by atoms with E-state index in [-0.39, 0.29) is 24.1 Å². The normalized spacial score (nSPS) is 11.9. The standard InChI is InChI=1S/C12H18N2O4/c1-9(15)5-6-13-11(16)8-14(2)12(17)10-4-3-7-18-10/h3-4,7,9,15H,5-6,8H2,1-2H3,(H,13,16). The largest absolute Gasteiger partial charge is 0.459 e. The van der Waals surface area contributed by atoms with E-state index in [1.165, 1.54) is 18.2 Å². The van der Waals surface area contributed by atoms with Gasteiger partial charge in [0.05, 0.1) is 18.9 Å². The Morgan fingerprint density at radius 2 is 2.28 bits per heavy atom. The van der Waals surface area contributed by atoms with Crippen molar-refractivity contribution in [2.45, 2.75) is 19.4 Å². The molecule has 0 saturated heterocycles. The fourth-order valence-electron chi connectivity index (χ4n) is 1.35. The Hall–Kier alpha value is -1.82. The smallest absolute Gasteiger partial charge is 0.289 e. The molecule has 1 aromatic rings. The van der Waals surface area contributed by atoms with Gasteiger partial charge >= 0.3 is 0 Å². The van der Waals surface area contributed by atoms with Gasteiger partial charge in [0.15, 0.2) is 5.76 Å². The van der Waals surface area contributed by atoms with E-state index in [9.17, 15) is 9.59 Å². The van der Waals surface area contributed by atoms with Crippen LogP contribution in [-0.2, 0) is 4.79 Å². The first kappa shape index (κ1) is 14.2. The molecule has 18 heavy (non-hydrogen) atoms. The Balaban J connectivity index is 2.33. The molecule has 0 aromatic carbocycles. The number of nitrogens with zero attached hydrogens (tertiary/aromatic N) is 1. The summed E-state index contributed by atoms with van der Waals surface area (Å²) in [6.45, 7) is 2.00. The maximum Gasteiger partial charge on any atom is 0.289 e. The molecule has 1 aromatic heterocycles. The zero-order chi connectivity index (χ0) is 13.5. The van der Waals surface area contributed by atoms with Crippen molar-refractivity contribution in [3.8, 4) is 0 Å². The van der Waals surface area contributed by atoms with Crippen molar-refractivity contribution in [3.05, 3.63) is 24.2 Å². The number of hydrogen-bond donors (Lipinski definition) is 2. The van der Waals surface area contributed by atoms with Crippen LogP contribution in [0.1, 0.15) is 23.9 Å². The van der Waals surface area contributed by atoms with Gasteiger partial charge in [0.25, 0.3) is 5.91 Å². The Kier molecular flexibility index (Phi) is 5.38. The van der Waals surface area contributed by atoms with E-state index >= 15 is 0 Å². The molecular weight excluding hydrogens is 236 g/mol. The summed E-state index contributed by atoms with van der Waals surface area (Å²) in [5, 5.41) is 11.7. The van der Waals surface area contributed by atoms with Crippen molar-refractivity contribution in [2.75, 3.05) is 20.1 Å². The minimum atomic E-state index is -0.451. The van der Waals surface area contributed by atoms with Gasteiger partial charge in [-0.3, -0.25) is 9.59 Å². The minimum absolute atomic E-state index is 0.0423. The number of likely N-dealkylation sites (N-methyl/N-ethyl adjacent to an activating group) is 1. The number of rotatable bonds is 6. The summed E-state index contributed by atoms with van der Waals surface area (Å²) < 4.78 is 4.95. The molecule has 100 valence electrons. The molecule has 1 heterocycles. The van der Waals surface area contributed by atoms with Gasteiger partial charge in [-0.1, -0.05) is 0 Å². The van der Waals surface area contributed by atoms with Crippen molar-refractivity contribution in [1.82, 2.24) is 10.2 Å². The molecule has 0 bridgehead atoms. The molecule has 0 aliphatic rings. The summed E-state index contributed by atoms with van der Waals surface area (Å²) in [7, 11) is 1.53. The highest BCUT2D eigenvalue weighted by molar-refractivity contribution is 5.94. The van der Waals surface area contributed by atoms with Gasteiger partial charge in [-0.15, -0.1) is 0 Å². The van der Waals surface area contributed by atoms with E-state index in [4.69, 9.17) is 9.52 Å². The SMILES string of the molecule is CC(O)CCNC(=O)CN(C)C(=O)c1ccco1. The van der Waals surface area contributed by atoms with Crippen LogP contribution < -0.4 is 5.32 Å². The maximum absolute atomic E-state index is 11.7. The summed E-state index contributed by atoms with van der Waals surface area (Å²) in [4.78, 5) is 24.5. The lowest BCUT2D eigenvalue weighted by molar-refractivity contribution is -0.121. The van der Waals surface area contributed by atoms with Crippen LogP contribution in [0.2, 0.25) is 0 Å². The molecule has 6 heteroatoms. The lowest BCUT2D eigenvalue weighted by Crippen LogP contribution is -2.39. The highest BCUT2D eigenvalue weighted by Gasteiger charge is 2.16. The number of carbonyl (C=O) groups excluding carboxylic acids is 2. The molecule has 0 spiro atoms. The molecule has 0 saturated carbocycles. The van der Waals surface area contributed by atoms with Crippen molar-refractivity contribution < 1.29 is 19.1 Å². The van der Waals surface area contributed by atoms with Crippen LogP contribution in [0.15, 0.2) is 22.8 Å². The summed E-state index contributed by atoms with van der Waals surface area (Å²) >= 11 is 0. The summed E-state index contributed by atoms with van der Waals surface area (Å²) in [5.74, 6) is -0.405. The lowest BCUT2D eigenvalue weighted by atomic mass is 10.3. The summed E-state index contributed by atoms with van der Waals surface area (Å²) in [6, 6.07) is 3.16. The van der Waals surface area contributed by atoms with Crippen LogP contribution in [0.5, 0.6) is 0 Å². The van der Waals surface area contributed by atoms with E-state index < -0.39 is 6.10 Å². The molecule has 2 amide bonds. The predicted molar refractivity (Wildman–Crippen MR) is 65.0 cm³/mol. The minimum Gasteiger partial charge on any atom is -0.459 e. The molecule has 0 fully saturated rings. The van der Waals surface area contributed by atoms with Crippen molar-refractivity contribution in [1.29, 1.82) is 0 Å². The summed E-state index contributed by atoms with van der Waals surface area (Å²) in [5.41, 5.74) is 0. The molecule has 1 rings (SSSR count). The first-order valence-corrected chi connectivity index (χ1v) is 5.74. The molecule has 0 aliphatic carbocycles. The van der Waals surface area contributed by atoms with E-state index in [0.29, 0.717) is 13.0 Å². The molecular formula is C12H18N2O4. The third-order valence-corrected chi connectivity index (χ3v) is 2.34. The number of nitrogens with one attached hydrogen (secondary N) is 1. The molecule has 0 radical (unpaired) electrons. The first-order chi connectivity index (χ1) is 8.50. The van der Waals surface area contributed by atoms with Gasteiger partial charge < -0.3 is 19.7 Å². The second kappa shape index (κ2) is 6.80. The summed E-state index contributed by atoms with van der Waals surface area (Å²) in [6.07, 6.45) is 1.44. The van der Waals surface area contributed by atoms with Crippen LogP contribution in [0, 0.1) is 0 Å². The van der Waals surface area contributed by atoms with Crippen molar-refractivity contribution in [2.24, 2.45) is 0 Å². The van der Waals surface area contributed by atoms with Gasteiger partial charge in [-0.2, -0.15) is 0 Å². The molecule has 2 N–H and O–H groups in total. The van der Waals surface area contributed by atoms with Crippen LogP contribution in [0.3, 0.4) is 0 Å². The van der Waals surface area contributed by atoms with E-state index in [1.807, 2.05) is 0 Å². The van der Waals surface area contributed by atoms with Gasteiger partial charge in [0.2, 0.25) is 5.91 Å². The predicted octanol–water partition coefficient (Wildman–Crippen LogP) is 0.239. The highest BCUT2D eigenvalue weighted by atomic mass is 16.3. The second-order valence-corrected chi connectivity index (χ2v) is 4.13. The zero-order valence-corrected chi connectivity index (χ0v) is 10.5. The average molecular weight is 254 g/mol. The monoisotopic (exact) mass is 254 g/mol. The number of furan rings is 1. The van der Waals surface area contributed by atoms with Gasteiger partial charge in [-0.25, -0.2) is 0 Å². The van der Waals surface area contributed by atoms with Crippen molar-refractivity contribution in [3.63, 3.8) is 0 Å². The molecule has 6 nitrogen and oxygen atoms in total. The van der Waals surface area contributed by atoms with Crippen molar-refractivity contribution >= 4 is 11.8 Å². The number of carbonyl (C=O) groups is 2. The topological polar surface area (TPSA) is 82.8 Å². The van der Waals surface area contributed by atoms with Crippen LogP contribution in [0.25, 0.3) is 0 Å². The van der Waals surface area contributed by atoms with E-state index in [0.717, 1.165) is 0 Å². The second-order valence-electron chi connectivity index (χ2n) is 4.13. The van der Waals surface area contributed by atoms with Crippen LogP contribution in [0.4, 0.5) is 0 Å². The maximum atomic E-state index is 11.7. The number of amides is 2. The van der Waals surface area contributed by atoms with Crippen LogP contribution in [-0.4, -0.2) is 48.1 Å². The Bertz CT molecular complexity index is 387. The zero-order valence-electron chi connectivity index (χ0n) is 10.5. The third-order valence-electron chi connectivity index (χ3n) is 2.34. The van der Waals surface area contributed by atoms with Gasteiger partial charge in [0.1, 0.15) is 0 Å². The fourth-order valence-corrected chi connectivity index (χ4v) is 1.35. The van der Waals surface area contributed by atoms with Gasteiger partial charge in [0, 0.05) is 13.6 Å². The average Bonchev–Trinajstić information content (AvgIpc) is 2.80. The Morgan fingerprint density at radius 1 is 1.56 bits per heavy atom. The van der Waals surface area contributed by atoms with Gasteiger partial charge in [-0.05, 0) is 25.5 Å². The number of hydrogen-bond acceptors (Lipinski definition) is 4. The van der Waals surface area contributed by atoms with E-state index in [1.54, 1.807) is 19.1 Å². The molecule has 1 unspecified atom stereocenters. The fraction of sp³-hybridized carbons (Fsp3) is 0.500. The van der Waals surface area contributed by atoms with E-state index in [2.05, 4.69) is 5.32 Å². The highest BCUT2D eigenvalue weighted by Crippen LogP contribution is 2.03. The Morgan fingerprint density at radius 3 is 2.83 bits per heavy atom. The van der Waals surface area contributed by atoms with Crippen LogP contribution >= 0.6 is 0 Å². The molecule has 0 aliphatic heterocycles. The first-order valence-electron chi connectivity index (χ1n) is 5.74. The third kappa shape index (κ3) is 4.58. The molecule has 1 atom stereocenters. The lowest BCUT2D eigenvalue weighted by Gasteiger charge is -2.15. The number of aliphatic hydroxyl groups excluding tert-OH is 1. The quantitative estimate of drug-likeness (QED) is 0.761. The Labute approximate surface area is 106 Å². The number of aliphatic hydroxyl groups is 1.